The standard InChI is InChI=1S/C14H22N2/c1-3-15-11-14(8-4-6-12(14)2)13-7-5-9-16-10-13/h5,7,9-10,12,15H,3-4,6,8,11H2,1-2H3. The molecule has 2 atom stereocenters. The maximum atomic E-state index is 4.29. The van der Waals surface area contributed by atoms with Crippen LogP contribution in [0.15, 0.2) is 24.5 Å². The molecule has 16 heavy (non-hydrogen) atoms. The molecule has 0 aromatic carbocycles. The van der Waals surface area contributed by atoms with Crippen LogP contribution in [0.3, 0.4) is 0 Å². The molecule has 0 aliphatic heterocycles. The van der Waals surface area contributed by atoms with E-state index in [1.165, 1.54) is 24.8 Å². The van der Waals surface area contributed by atoms with E-state index < -0.39 is 0 Å². The second kappa shape index (κ2) is 4.96. The molecule has 88 valence electrons. The van der Waals surface area contributed by atoms with Crippen LogP contribution in [-0.4, -0.2) is 18.1 Å². The van der Waals surface area contributed by atoms with E-state index in [-0.39, 0.29) is 0 Å². The molecule has 0 bridgehead atoms. The summed E-state index contributed by atoms with van der Waals surface area (Å²) < 4.78 is 0. The van der Waals surface area contributed by atoms with E-state index in [4.69, 9.17) is 0 Å². The Morgan fingerprint density at radius 2 is 2.44 bits per heavy atom. The summed E-state index contributed by atoms with van der Waals surface area (Å²) in [4.78, 5) is 4.29. The van der Waals surface area contributed by atoms with Crippen LogP contribution in [0.2, 0.25) is 0 Å². The molecule has 2 rings (SSSR count). The first kappa shape index (κ1) is 11.6. The van der Waals surface area contributed by atoms with Crippen molar-refractivity contribution >= 4 is 0 Å². The van der Waals surface area contributed by atoms with Crippen LogP contribution in [0, 0.1) is 5.92 Å². The van der Waals surface area contributed by atoms with Gasteiger partial charge in [-0.25, -0.2) is 0 Å². The topological polar surface area (TPSA) is 24.9 Å². The van der Waals surface area contributed by atoms with E-state index in [1.807, 2.05) is 6.20 Å². The third kappa shape index (κ3) is 1.99. The van der Waals surface area contributed by atoms with Crippen LogP contribution in [0.5, 0.6) is 0 Å². The first-order valence-corrected chi connectivity index (χ1v) is 6.41. The third-order valence-corrected chi connectivity index (χ3v) is 4.13. The molecule has 1 fully saturated rings. The Morgan fingerprint density at radius 3 is 3.00 bits per heavy atom. The van der Waals surface area contributed by atoms with E-state index >= 15 is 0 Å². The second-order valence-corrected chi connectivity index (χ2v) is 4.97. The molecule has 1 aliphatic rings. The Bertz CT molecular complexity index is 323. The fourth-order valence-electron chi connectivity index (χ4n) is 3.05. The maximum absolute atomic E-state index is 4.29. The van der Waals surface area contributed by atoms with Crippen LogP contribution in [-0.2, 0) is 5.41 Å². The van der Waals surface area contributed by atoms with Crippen molar-refractivity contribution in [3.63, 3.8) is 0 Å². The van der Waals surface area contributed by atoms with Crippen LogP contribution >= 0.6 is 0 Å². The third-order valence-electron chi connectivity index (χ3n) is 4.13. The fraction of sp³-hybridized carbons (Fsp3) is 0.643. The highest BCUT2D eigenvalue weighted by Crippen LogP contribution is 2.44. The molecule has 1 N–H and O–H groups in total. The highest BCUT2D eigenvalue weighted by molar-refractivity contribution is 5.25. The quantitative estimate of drug-likeness (QED) is 0.840. The molecule has 2 unspecified atom stereocenters. The first-order valence-electron chi connectivity index (χ1n) is 6.41. The fourth-order valence-corrected chi connectivity index (χ4v) is 3.05. The average molecular weight is 218 g/mol. The van der Waals surface area contributed by atoms with Gasteiger partial charge in [0.15, 0.2) is 0 Å². The van der Waals surface area contributed by atoms with Gasteiger partial charge in [-0.2, -0.15) is 0 Å². The van der Waals surface area contributed by atoms with Crippen LogP contribution in [0.25, 0.3) is 0 Å². The van der Waals surface area contributed by atoms with Crippen LogP contribution in [0.4, 0.5) is 0 Å². The van der Waals surface area contributed by atoms with E-state index in [9.17, 15) is 0 Å². The lowest BCUT2D eigenvalue weighted by molar-refractivity contribution is 0.319. The molecule has 0 amide bonds. The van der Waals surface area contributed by atoms with E-state index in [0.29, 0.717) is 5.41 Å². The minimum absolute atomic E-state index is 0.324. The van der Waals surface area contributed by atoms with E-state index in [1.54, 1.807) is 0 Å². The molecule has 0 saturated heterocycles. The van der Waals surface area contributed by atoms with Gasteiger partial charge >= 0.3 is 0 Å². The summed E-state index contributed by atoms with van der Waals surface area (Å²) in [6, 6.07) is 4.31. The smallest absolute Gasteiger partial charge is 0.0306 e. The summed E-state index contributed by atoms with van der Waals surface area (Å²) in [5.41, 5.74) is 1.74. The largest absolute Gasteiger partial charge is 0.316 e. The Balaban J connectivity index is 2.27. The molecule has 0 radical (unpaired) electrons. The average Bonchev–Trinajstić information content (AvgIpc) is 2.70. The van der Waals surface area contributed by atoms with Gasteiger partial charge in [0.2, 0.25) is 0 Å². The molecular formula is C14H22N2. The molecule has 0 spiro atoms. The Labute approximate surface area is 98.5 Å². The van der Waals surface area contributed by atoms with Gasteiger partial charge < -0.3 is 5.32 Å². The van der Waals surface area contributed by atoms with E-state index in [0.717, 1.165) is 19.0 Å². The Kier molecular flexibility index (Phi) is 3.59. The van der Waals surface area contributed by atoms with Crippen molar-refractivity contribution < 1.29 is 0 Å². The summed E-state index contributed by atoms with van der Waals surface area (Å²) in [7, 11) is 0. The van der Waals surface area contributed by atoms with Crippen molar-refractivity contribution in [2.75, 3.05) is 13.1 Å². The van der Waals surface area contributed by atoms with Crippen molar-refractivity contribution in [3.8, 4) is 0 Å². The van der Waals surface area contributed by atoms with Crippen molar-refractivity contribution in [1.82, 2.24) is 10.3 Å². The highest BCUT2D eigenvalue weighted by Gasteiger charge is 2.41. The van der Waals surface area contributed by atoms with Crippen molar-refractivity contribution in [2.45, 2.75) is 38.5 Å². The van der Waals surface area contributed by atoms with Gasteiger partial charge in [0.25, 0.3) is 0 Å². The number of rotatable bonds is 4. The molecule has 1 heterocycles. The molecule has 1 saturated carbocycles. The number of hydrogen-bond acceptors (Lipinski definition) is 2. The van der Waals surface area contributed by atoms with Gasteiger partial charge in [0.1, 0.15) is 0 Å². The normalized spacial score (nSPS) is 29.5. The lowest BCUT2D eigenvalue weighted by Gasteiger charge is -2.34. The van der Waals surface area contributed by atoms with E-state index in [2.05, 4.69) is 42.5 Å². The zero-order valence-electron chi connectivity index (χ0n) is 10.4. The summed E-state index contributed by atoms with van der Waals surface area (Å²) in [5.74, 6) is 0.760. The summed E-state index contributed by atoms with van der Waals surface area (Å²) in [5, 5.41) is 3.53. The van der Waals surface area contributed by atoms with Crippen molar-refractivity contribution in [1.29, 1.82) is 0 Å². The SMILES string of the molecule is CCNCC1(c2cccnc2)CCCC1C. The maximum Gasteiger partial charge on any atom is 0.0306 e. The number of nitrogens with one attached hydrogen (secondary N) is 1. The molecule has 2 heteroatoms. The van der Waals surface area contributed by atoms with Gasteiger partial charge in [-0.1, -0.05) is 26.3 Å². The zero-order chi connectivity index (χ0) is 11.4. The minimum Gasteiger partial charge on any atom is -0.316 e. The number of likely N-dealkylation sites (N-methyl/N-ethyl adjacent to an activating group) is 1. The Morgan fingerprint density at radius 1 is 1.56 bits per heavy atom. The number of hydrogen-bond donors (Lipinski definition) is 1. The zero-order valence-corrected chi connectivity index (χ0v) is 10.4. The minimum atomic E-state index is 0.324. The predicted molar refractivity (Wildman–Crippen MR) is 67.5 cm³/mol. The number of pyridine rings is 1. The van der Waals surface area contributed by atoms with Gasteiger partial charge in [0.05, 0.1) is 0 Å². The Hall–Kier alpha value is -0.890. The number of aromatic nitrogens is 1. The number of nitrogens with zero attached hydrogens (tertiary/aromatic N) is 1. The first-order chi connectivity index (χ1) is 7.79. The second-order valence-electron chi connectivity index (χ2n) is 4.97. The summed E-state index contributed by atoms with van der Waals surface area (Å²) in [6.45, 7) is 6.71. The van der Waals surface area contributed by atoms with Gasteiger partial charge in [-0.3, -0.25) is 4.98 Å². The van der Waals surface area contributed by atoms with Crippen molar-refractivity contribution in [3.05, 3.63) is 30.1 Å². The molecular weight excluding hydrogens is 196 g/mol. The molecule has 1 aliphatic carbocycles. The van der Waals surface area contributed by atoms with Gasteiger partial charge in [-0.05, 0) is 36.9 Å². The summed E-state index contributed by atoms with van der Waals surface area (Å²) in [6.07, 6.45) is 7.91. The highest BCUT2D eigenvalue weighted by atomic mass is 14.9. The van der Waals surface area contributed by atoms with Crippen molar-refractivity contribution in [2.24, 2.45) is 5.92 Å². The lowest BCUT2D eigenvalue weighted by atomic mass is 9.73. The summed E-state index contributed by atoms with van der Waals surface area (Å²) >= 11 is 0. The predicted octanol–water partition coefficient (Wildman–Crippen LogP) is 2.75. The molecule has 1 aromatic rings. The monoisotopic (exact) mass is 218 g/mol. The van der Waals surface area contributed by atoms with Crippen LogP contribution in [0.1, 0.15) is 38.7 Å². The molecule has 1 aromatic heterocycles. The van der Waals surface area contributed by atoms with Gasteiger partial charge in [-0.15, -0.1) is 0 Å². The lowest BCUT2D eigenvalue weighted by Crippen LogP contribution is -2.40. The molecule has 2 nitrogen and oxygen atoms in total. The van der Waals surface area contributed by atoms with Crippen LogP contribution < -0.4 is 5.32 Å². The van der Waals surface area contributed by atoms with Gasteiger partial charge in [0, 0.05) is 24.4 Å².